The molecular formula is C24H30FN3O3. The number of carbonyl (C=O) groups is 2. The van der Waals surface area contributed by atoms with Gasteiger partial charge in [0.2, 0.25) is 5.91 Å². The summed E-state index contributed by atoms with van der Waals surface area (Å²) in [5.74, 6) is 0.522. The summed E-state index contributed by atoms with van der Waals surface area (Å²) < 4.78 is 19.9. The normalized spacial score (nSPS) is 29.9. The van der Waals surface area contributed by atoms with Gasteiger partial charge >= 0.3 is 0 Å². The predicted octanol–water partition coefficient (Wildman–Crippen LogP) is 3.17. The zero-order chi connectivity index (χ0) is 21.5. The number of likely N-dealkylation sites (tertiary alicyclic amines) is 1. The molecule has 3 heterocycles. The number of ether oxygens (including phenoxy) is 1. The van der Waals surface area contributed by atoms with Crippen LogP contribution in [-0.2, 0) is 11.3 Å². The lowest BCUT2D eigenvalue weighted by Crippen LogP contribution is -2.49. The summed E-state index contributed by atoms with van der Waals surface area (Å²) in [6, 6.07) is 5.53. The fraction of sp³-hybridized carbons (Fsp3) is 0.583. The summed E-state index contributed by atoms with van der Waals surface area (Å²) in [5, 5.41) is 2.77. The first-order valence-corrected chi connectivity index (χ1v) is 11.5. The first kappa shape index (κ1) is 20.5. The Kier molecular flexibility index (Phi) is 5.46. The highest BCUT2D eigenvalue weighted by molar-refractivity contribution is 6.01. The second-order valence-corrected chi connectivity index (χ2v) is 9.26. The molecule has 4 aliphatic rings. The minimum Gasteiger partial charge on any atom is -0.489 e. The predicted molar refractivity (Wildman–Crippen MR) is 114 cm³/mol. The highest BCUT2D eigenvalue weighted by atomic mass is 19.1. The Balaban J connectivity index is 1.27. The number of nitrogens with one attached hydrogen (secondary N) is 1. The van der Waals surface area contributed by atoms with Crippen molar-refractivity contribution in [2.24, 2.45) is 0 Å². The van der Waals surface area contributed by atoms with Gasteiger partial charge in [0, 0.05) is 36.9 Å². The zero-order valence-corrected chi connectivity index (χ0v) is 17.8. The van der Waals surface area contributed by atoms with Crippen LogP contribution in [0.15, 0.2) is 30.5 Å². The van der Waals surface area contributed by atoms with E-state index in [0.717, 1.165) is 43.7 Å². The van der Waals surface area contributed by atoms with Gasteiger partial charge in [-0.05, 0) is 68.7 Å². The molecule has 1 aromatic rings. The van der Waals surface area contributed by atoms with Crippen molar-refractivity contribution in [2.75, 3.05) is 13.1 Å². The summed E-state index contributed by atoms with van der Waals surface area (Å²) in [7, 11) is 0. The smallest absolute Gasteiger partial charge is 0.255 e. The van der Waals surface area contributed by atoms with Gasteiger partial charge in [-0.2, -0.15) is 0 Å². The molecule has 1 unspecified atom stereocenters. The first-order chi connectivity index (χ1) is 15.0. The van der Waals surface area contributed by atoms with E-state index >= 15 is 0 Å². The number of amides is 2. The van der Waals surface area contributed by atoms with Crippen molar-refractivity contribution in [1.29, 1.82) is 0 Å². The molecule has 1 aromatic carbocycles. The number of piperidine rings is 2. The Labute approximate surface area is 182 Å². The van der Waals surface area contributed by atoms with Crippen molar-refractivity contribution < 1.29 is 18.7 Å². The largest absolute Gasteiger partial charge is 0.489 e. The molecule has 1 aliphatic carbocycles. The van der Waals surface area contributed by atoms with Crippen LogP contribution in [0.2, 0.25) is 0 Å². The molecule has 2 amide bonds. The Morgan fingerprint density at radius 1 is 1.10 bits per heavy atom. The van der Waals surface area contributed by atoms with Gasteiger partial charge in [0.15, 0.2) is 0 Å². The molecular weight excluding hydrogens is 397 g/mol. The maximum absolute atomic E-state index is 13.5. The molecule has 0 radical (unpaired) electrons. The molecule has 166 valence electrons. The van der Waals surface area contributed by atoms with Gasteiger partial charge in [-0.3, -0.25) is 14.5 Å². The molecule has 3 fully saturated rings. The lowest BCUT2D eigenvalue weighted by atomic mass is 10.0. The number of carbonyl (C=O) groups excluding carboxylic acids is 2. The van der Waals surface area contributed by atoms with Gasteiger partial charge in [0.1, 0.15) is 24.1 Å². The standard InChI is InChI=1S/C24H30FN3O3/c1-15-5-8-21(23(29)26-15)28-14-16-13-18(6-7-19(16)24(28)30)31-22-4-2-3-20(22)27-11-9-17(25)10-12-27/h6-7,13,17,20-22H,1-5,8-12,14H2,(H,26,29)/t20-,21?,22-/m0/s1. The number of rotatable bonds is 4. The highest BCUT2D eigenvalue weighted by Gasteiger charge is 2.39. The summed E-state index contributed by atoms with van der Waals surface area (Å²) in [6.45, 7) is 5.84. The Hall–Kier alpha value is -2.41. The summed E-state index contributed by atoms with van der Waals surface area (Å²) in [6.07, 6.45) is 5.14. The maximum Gasteiger partial charge on any atom is 0.255 e. The third kappa shape index (κ3) is 3.95. The molecule has 0 spiro atoms. The van der Waals surface area contributed by atoms with Crippen LogP contribution in [0.25, 0.3) is 0 Å². The number of fused-ring (bicyclic) bond motifs is 1. The molecule has 3 atom stereocenters. The molecule has 0 bridgehead atoms. The first-order valence-electron chi connectivity index (χ1n) is 11.5. The average molecular weight is 428 g/mol. The fourth-order valence-corrected chi connectivity index (χ4v) is 5.54. The van der Waals surface area contributed by atoms with Crippen molar-refractivity contribution in [2.45, 2.75) is 75.8 Å². The molecule has 0 aromatic heterocycles. The minimum absolute atomic E-state index is 0.0950. The third-order valence-electron chi connectivity index (χ3n) is 7.24. The van der Waals surface area contributed by atoms with Gasteiger partial charge < -0.3 is 15.0 Å². The van der Waals surface area contributed by atoms with Crippen molar-refractivity contribution in [3.05, 3.63) is 41.6 Å². The molecule has 1 saturated carbocycles. The monoisotopic (exact) mass is 427 g/mol. The van der Waals surface area contributed by atoms with E-state index in [1.54, 1.807) is 4.90 Å². The summed E-state index contributed by atoms with van der Waals surface area (Å²) in [4.78, 5) is 29.3. The third-order valence-corrected chi connectivity index (χ3v) is 7.24. The fourth-order valence-electron chi connectivity index (χ4n) is 5.54. The molecule has 6 nitrogen and oxygen atoms in total. The average Bonchev–Trinajstić information content (AvgIpc) is 3.33. The number of benzene rings is 1. The van der Waals surface area contributed by atoms with Crippen molar-refractivity contribution >= 4 is 11.8 Å². The van der Waals surface area contributed by atoms with Crippen molar-refractivity contribution in [3.63, 3.8) is 0 Å². The SMILES string of the molecule is C=C1CCC(N2Cc3cc(O[C@H]4CCC[C@@H]4N4CCC(F)CC4)ccc3C2=O)C(=O)N1. The van der Waals surface area contributed by atoms with Crippen molar-refractivity contribution in [3.8, 4) is 5.75 Å². The van der Waals surface area contributed by atoms with Crippen LogP contribution in [-0.4, -0.2) is 59.1 Å². The van der Waals surface area contributed by atoms with E-state index < -0.39 is 12.2 Å². The number of halogens is 1. The quantitative estimate of drug-likeness (QED) is 0.802. The Bertz CT molecular complexity index is 896. The van der Waals surface area contributed by atoms with Crippen LogP contribution in [0.1, 0.15) is 60.9 Å². The topological polar surface area (TPSA) is 61.9 Å². The highest BCUT2D eigenvalue weighted by Crippen LogP contribution is 2.34. The van der Waals surface area contributed by atoms with Gasteiger partial charge in [0.25, 0.3) is 5.91 Å². The van der Waals surface area contributed by atoms with E-state index in [1.807, 2.05) is 18.2 Å². The molecule has 3 aliphatic heterocycles. The summed E-state index contributed by atoms with van der Waals surface area (Å²) >= 11 is 0. The second kappa shape index (κ2) is 8.26. The van der Waals surface area contributed by atoms with E-state index in [9.17, 15) is 14.0 Å². The minimum atomic E-state index is -0.668. The van der Waals surface area contributed by atoms with E-state index in [0.29, 0.717) is 49.5 Å². The lowest BCUT2D eigenvalue weighted by molar-refractivity contribution is -0.126. The number of hydrogen-bond donors (Lipinski definition) is 1. The number of nitrogens with zero attached hydrogens (tertiary/aromatic N) is 2. The Morgan fingerprint density at radius 3 is 2.68 bits per heavy atom. The van der Waals surface area contributed by atoms with Gasteiger partial charge in [0.05, 0.1) is 0 Å². The van der Waals surface area contributed by atoms with E-state index in [-0.39, 0.29) is 17.9 Å². The summed E-state index contributed by atoms with van der Waals surface area (Å²) in [5.41, 5.74) is 2.27. The number of hydrogen-bond acceptors (Lipinski definition) is 4. The van der Waals surface area contributed by atoms with Gasteiger partial charge in [-0.1, -0.05) is 6.58 Å². The van der Waals surface area contributed by atoms with E-state index in [4.69, 9.17) is 4.74 Å². The molecule has 7 heteroatoms. The second-order valence-electron chi connectivity index (χ2n) is 9.26. The van der Waals surface area contributed by atoms with Gasteiger partial charge in [-0.25, -0.2) is 4.39 Å². The van der Waals surface area contributed by atoms with Crippen LogP contribution >= 0.6 is 0 Å². The van der Waals surface area contributed by atoms with Crippen molar-refractivity contribution in [1.82, 2.24) is 15.1 Å². The zero-order valence-electron chi connectivity index (χ0n) is 17.8. The van der Waals surface area contributed by atoms with Crippen LogP contribution in [0, 0.1) is 0 Å². The number of alkyl halides is 1. The Morgan fingerprint density at radius 2 is 1.90 bits per heavy atom. The molecule has 1 N–H and O–H groups in total. The van der Waals surface area contributed by atoms with Crippen LogP contribution < -0.4 is 10.1 Å². The number of allylic oxidation sites excluding steroid dienone is 1. The van der Waals surface area contributed by atoms with E-state index in [2.05, 4.69) is 16.8 Å². The van der Waals surface area contributed by atoms with Crippen LogP contribution in [0.5, 0.6) is 5.75 Å². The van der Waals surface area contributed by atoms with E-state index in [1.165, 1.54) is 0 Å². The molecule has 2 saturated heterocycles. The van der Waals surface area contributed by atoms with Gasteiger partial charge in [-0.15, -0.1) is 0 Å². The maximum atomic E-state index is 13.5. The molecule has 31 heavy (non-hydrogen) atoms. The van der Waals surface area contributed by atoms with Crippen LogP contribution in [0.3, 0.4) is 0 Å². The molecule has 5 rings (SSSR count). The lowest BCUT2D eigenvalue weighted by Gasteiger charge is -2.36. The van der Waals surface area contributed by atoms with Crippen LogP contribution in [0.4, 0.5) is 4.39 Å².